The van der Waals surface area contributed by atoms with Gasteiger partial charge in [-0.15, -0.1) is 0 Å². The Balaban J connectivity index is 2.84. The molecule has 2 aromatic rings. The van der Waals surface area contributed by atoms with E-state index in [-0.39, 0.29) is 16.2 Å². The lowest BCUT2D eigenvalue weighted by Gasteiger charge is -2.33. The van der Waals surface area contributed by atoms with Gasteiger partial charge in [-0.05, 0) is 32.9 Å². The molecule has 2 rings (SSSR count). The molecule has 0 amide bonds. The predicted molar refractivity (Wildman–Crippen MR) is 118 cm³/mol. The molecule has 2 heteroatoms. The predicted octanol–water partition coefficient (Wildman–Crippen LogP) is 6.64. The van der Waals surface area contributed by atoms with Gasteiger partial charge in [0.05, 0.1) is 0 Å². The normalized spacial score (nSPS) is 12.8. The van der Waals surface area contributed by atoms with Crippen LogP contribution in [0, 0.1) is 0 Å². The van der Waals surface area contributed by atoms with Gasteiger partial charge in [0.2, 0.25) is 11.6 Å². The second-order valence-electron chi connectivity index (χ2n) is 10.7. The molecule has 0 saturated heterocycles. The maximum absolute atomic E-state index is 13.5. The third-order valence-corrected chi connectivity index (χ3v) is 5.09. The Kier molecular flexibility index (Phi) is 5.76. The number of ketones is 2. The van der Waals surface area contributed by atoms with Crippen molar-refractivity contribution in [2.75, 3.05) is 0 Å². The Bertz CT molecular complexity index is 848. The van der Waals surface area contributed by atoms with Crippen LogP contribution in [0.25, 0.3) is 0 Å². The summed E-state index contributed by atoms with van der Waals surface area (Å²) in [5, 5.41) is 0. The van der Waals surface area contributed by atoms with Gasteiger partial charge < -0.3 is 0 Å². The number of Topliss-reactive ketones (excluding diaryl/α,β-unsaturated/α-hetero) is 2. The lowest BCUT2D eigenvalue weighted by Crippen LogP contribution is -2.29. The Morgan fingerprint density at radius 1 is 0.607 bits per heavy atom. The minimum Gasteiger partial charge on any atom is -0.285 e. The summed E-state index contributed by atoms with van der Waals surface area (Å²) < 4.78 is 0. The topological polar surface area (TPSA) is 34.1 Å². The van der Waals surface area contributed by atoms with E-state index in [2.05, 4.69) is 74.4 Å². The maximum Gasteiger partial charge on any atom is 0.234 e. The fraction of sp³-hybridized carbons (Fsp3) is 0.462. The van der Waals surface area contributed by atoms with Crippen LogP contribution >= 0.6 is 0 Å². The third kappa shape index (κ3) is 4.60. The largest absolute Gasteiger partial charge is 0.285 e. The first-order valence-electron chi connectivity index (χ1n) is 9.97. The number of hydrogen-bond donors (Lipinski definition) is 0. The van der Waals surface area contributed by atoms with Crippen LogP contribution in [0.1, 0.15) is 99.7 Å². The van der Waals surface area contributed by atoms with Crippen LogP contribution in [0.4, 0.5) is 0 Å². The highest BCUT2D eigenvalue weighted by Crippen LogP contribution is 2.38. The number of rotatable bonds is 3. The van der Waals surface area contributed by atoms with Gasteiger partial charge in [0.15, 0.2) is 0 Å². The van der Waals surface area contributed by atoms with Gasteiger partial charge >= 0.3 is 0 Å². The van der Waals surface area contributed by atoms with Crippen LogP contribution in [-0.2, 0) is 16.2 Å². The fourth-order valence-corrected chi connectivity index (χ4v) is 3.34. The molecule has 0 spiro atoms. The molecule has 0 bridgehead atoms. The molecule has 0 unspecified atom stereocenters. The Morgan fingerprint density at radius 2 is 1.04 bits per heavy atom. The van der Waals surface area contributed by atoms with E-state index in [1.165, 1.54) is 5.56 Å². The van der Waals surface area contributed by atoms with Crippen LogP contribution in [0.15, 0.2) is 42.5 Å². The van der Waals surface area contributed by atoms with Crippen LogP contribution < -0.4 is 0 Å². The summed E-state index contributed by atoms with van der Waals surface area (Å²) in [4.78, 5) is 26.5. The molecule has 0 atom stereocenters. The fourth-order valence-electron chi connectivity index (χ4n) is 3.34. The highest BCUT2D eigenvalue weighted by atomic mass is 16.2. The molecular weight excluding hydrogens is 344 g/mol. The van der Waals surface area contributed by atoms with Crippen molar-refractivity contribution in [3.63, 3.8) is 0 Å². The van der Waals surface area contributed by atoms with Crippen LogP contribution in [-0.4, -0.2) is 11.6 Å². The molecule has 0 aliphatic rings. The molecular formula is C26H34O2. The van der Waals surface area contributed by atoms with E-state index in [1.807, 2.05) is 6.07 Å². The van der Waals surface area contributed by atoms with Gasteiger partial charge in [-0.1, -0.05) is 105 Å². The van der Waals surface area contributed by atoms with Crippen LogP contribution in [0.2, 0.25) is 0 Å². The number of hydrogen-bond acceptors (Lipinski definition) is 2. The van der Waals surface area contributed by atoms with E-state index < -0.39 is 11.6 Å². The van der Waals surface area contributed by atoms with Crippen molar-refractivity contribution in [2.45, 2.75) is 78.6 Å². The molecule has 0 aliphatic carbocycles. The van der Waals surface area contributed by atoms with E-state index in [9.17, 15) is 9.59 Å². The highest BCUT2D eigenvalue weighted by molar-refractivity contribution is 6.49. The average molecular weight is 379 g/mol. The second kappa shape index (κ2) is 7.31. The van der Waals surface area contributed by atoms with Crippen molar-refractivity contribution >= 4 is 11.6 Å². The van der Waals surface area contributed by atoms with Crippen molar-refractivity contribution < 1.29 is 9.59 Å². The lowest BCUT2D eigenvalue weighted by molar-refractivity contribution is 0.0814. The average Bonchev–Trinajstić information content (AvgIpc) is 2.57. The standard InChI is InChI=1S/C26H34O2/c1-24(2,3)18-15-19(25(4,5)6)21(20(16-18)26(7,8)9)23(28)22(27)17-13-11-10-12-14-17/h10-16H,1-9H3. The summed E-state index contributed by atoms with van der Waals surface area (Å²) >= 11 is 0. The first kappa shape index (κ1) is 22.1. The maximum atomic E-state index is 13.5. The summed E-state index contributed by atoms with van der Waals surface area (Å²) in [6, 6.07) is 13.1. The zero-order chi connectivity index (χ0) is 21.5. The Labute approximate surface area is 170 Å². The van der Waals surface area contributed by atoms with Gasteiger partial charge in [0.1, 0.15) is 0 Å². The van der Waals surface area contributed by atoms with Gasteiger partial charge in [0.25, 0.3) is 0 Å². The molecule has 0 radical (unpaired) electrons. The van der Waals surface area contributed by atoms with E-state index >= 15 is 0 Å². The summed E-state index contributed by atoms with van der Waals surface area (Å²) in [5.74, 6) is -0.860. The van der Waals surface area contributed by atoms with Gasteiger partial charge in [0, 0.05) is 11.1 Å². The van der Waals surface area contributed by atoms with Crippen LogP contribution in [0.3, 0.4) is 0 Å². The second-order valence-corrected chi connectivity index (χ2v) is 10.7. The van der Waals surface area contributed by atoms with Crippen molar-refractivity contribution in [2.24, 2.45) is 0 Å². The number of benzene rings is 2. The van der Waals surface area contributed by atoms with E-state index in [4.69, 9.17) is 0 Å². The molecule has 0 saturated carbocycles. The van der Waals surface area contributed by atoms with Gasteiger partial charge in [-0.25, -0.2) is 0 Å². The molecule has 2 nitrogen and oxygen atoms in total. The Hall–Kier alpha value is -2.22. The molecule has 2 aromatic carbocycles. The third-order valence-electron chi connectivity index (χ3n) is 5.09. The zero-order valence-electron chi connectivity index (χ0n) is 18.9. The Morgan fingerprint density at radius 3 is 1.39 bits per heavy atom. The first-order chi connectivity index (χ1) is 12.6. The molecule has 150 valence electrons. The molecule has 0 heterocycles. The van der Waals surface area contributed by atoms with Gasteiger partial charge in [-0.2, -0.15) is 0 Å². The van der Waals surface area contributed by atoms with Crippen molar-refractivity contribution in [3.05, 3.63) is 70.3 Å². The van der Waals surface area contributed by atoms with E-state index in [1.54, 1.807) is 24.3 Å². The molecule has 0 fully saturated rings. The van der Waals surface area contributed by atoms with Crippen molar-refractivity contribution in [3.8, 4) is 0 Å². The molecule has 0 aliphatic heterocycles. The summed E-state index contributed by atoms with van der Waals surface area (Å²) in [6.07, 6.45) is 0. The van der Waals surface area contributed by atoms with Gasteiger partial charge in [-0.3, -0.25) is 9.59 Å². The molecule has 0 N–H and O–H groups in total. The number of carbonyl (C=O) groups is 2. The quantitative estimate of drug-likeness (QED) is 0.443. The molecule has 0 aromatic heterocycles. The first-order valence-corrected chi connectivity index (χ1v) is 9.97. The summed E-state index contributed by atoms with van der Waals surface area (Å²) in [6.45, 7) is 19.1. The number of carbonyl (C=O) groups excluding carboxylic acids is 2. The monoisotopic (exact) mass is 378 g/mol. The minimum atomic E-state index is -0.444. The van der Waals surface area contributed by atoms with E-state index in [0.29, 0.717) is 11.1 Å². The van der Waals surface area contributed by atoms with Crippen molar-refractivity contribution in [1.82, 2.24) is 0 Å². The van der Waals surface area contributed by atoms with Crippen molar-refractivity contribution in [1.29, 1.82) is 0 Å². The zero-order valence-corrected chi connectivity index (χ0v) is 18.9. The SMILES string of the molecule is CC(C)(C)c1cc(C(C)(C)C)c(C(=O)C(=O)c2ccccc2)c(C(C)(C)C)c1. The lowest BCUT2D eigenvalue weighted by atomic mass is 9.71. The minimum absolute atomic E-state index is 0.0506. The summed E-state index contributed by atoms with van der Waals surface area (Å²) in [5.41, 5.74) is 3.51. The smallest absolute Gasteiger partial charge is 0.234 e. The van der Waals surface area contributed by atoms with E-state index in [0.717, 1.165) is 11.1 Å². The van der Waals surface area contributed by atoms with Crippen LogP contribution in [0.5, 0.6) is 0 Å². The highest BCUT2D eigenvalue weighted by Gasteiger charge is 2.34. The molecule has 28 heavy (non-hydrogen) atoms. The summed E-state index contributed by atoms with van der Waals surface area (Å²) in [7, 11) is 0.